The van der Waals surface area contributed by atoms with Crippen LogP contribution in [0.25, 0.3) is 11.0 Å². The SMILES string of the molecule is Cn1c(=O)n(CCC(=O)OCc2ccc(C(N)=O)cc2)c2ccccc21. The van der Waals surface area contributed by atoms with Crippen LogP contribution in [0.4, 0.5) is 0 Å². The zero-order valence-electron chi connectivity index (χ0n) is 14.3. The number of hydrogen-bond acceptors (Lipinski definition) is 4. The molecule has 134 valence electrons. The van der Waals surface area contributed by atoms with Crippen molar-refractivity contribution < 1.29 is 14.3 Å². The summed E-state index contributed by atoms with van der Waals surface area (Å²) in [5.74, 6) is -0.905. The van der Waals surface area contributed by atoms with E-state index in [-0.39, 0.29) is 25.3 Å². The molecule has 1 amide bonds. The number of nitrogens with zero attached hydrogens (tertiary/aromatic N) is 2. The summed E-state index contributed by atoms with van der Waals surface area (Å²) in [4.78, 5) is 35.3. The number of para-hydroxylation sites is 2. The minimum atomic E-state index is -0.505. The van der Waals surface area contributed by atoms with E-state index in [1.165, 1.54) is 0 Å². The molecule has 0 radical (unpaired) electrons. The summed E-state index contributed by atoms with van der Waals surface area (Å²) < 4.78 is 8.36. The highest BCUT2D eigenvalue weighted by Gasteiger charge is 2.12. The zero-order chi connectivity index (χ0) is 18.7. The lowest BCUT2D eigenvalue weighted by molar-refractivity contribution is -0.145. The molecule has 3 aromatic rings. The Labute approximate surface area is 149 Å². The highest BCUT2D eigenvalue weighted by atomic mass is 16.5. The molecule has 0 unspecified atom stereocenters. The maximum atomic E-state index is 12.3. The number of nitrogens with two attached hydrogens (primary N) is 1. The zero-order valence-corrected chi connectivity index (χ0v) is 14.3. The molecule has 7 nitrogen and oxygen atoms in total. The van der Waals surface area contributed by atoms with Crippen LogP contribution < -0.4 is 11.4 Å². The minimum absolute atomic E-state index is 0.0906. The van der Waals surface area contributed by atoms with Gasteiger partial charge in [0.2, 0.25) is 5.91 Å². The Hall–Kier alpha value is -3.35. The van der Waals surface area contributed by atoms with Crippen molar-refractivity contribution in [3.8, 4) is 0 Å². The molecule has 1 aromatic heterocycles. The van der Waals surface area contributed by atoms with Crippen LogP contribution in [0.3, 0.4) is 0 Å². The third-order valence-electron chi connectivity index (χ3n) is 4.23. The Bertz CT molecular complexity index is 1020. The molecule has 7 heteroatoms. The van der Waals surface area contributed by atoms with Gasteiger partial charge in [-0.15, -0.1) is 0 Å². The van der Waals surface area contributed by atoms with Crippen LogP contribution in [0.2, 0.25) is 0 Å². The van der Waals surface area contributed by atoms with Gasteiger partial charge in [-0.1, -0.05) is 24.3 Å². The second-order valence-electron chi connectivity index (χ2n) is 5.95. The minimum Gasteiger partial charge on any atom is -0.461 e. The molecule has 2 N–H and O–H groups in total. The lowest BCUT2D eigenvalue weighted by Gasteiger charge is -2.06. The molecule has 0 bridgehead atoms. The third kappa shape index (κ3) is 3.51. The van der Waals surface area contributed by atoms with Gasteiger partial charge in [-0.2, -0.15) is 0 Å². The number of ether oxygens (including phenoxy) is 1. The number of aryl methyl sites for hydroxylation is 2. The van der Waals surface area contributed by atoms with E-state index in [0.29, 0.717) is 5.56 Å². The van der Waals surface area contributed by atoms with Gasteiger partial charge in [0.25, 0.3) is 0 Å². The first-order valence-electron chi connectivity index (χ1n) is 8.16. The van der Waals surface area contributed by atoms with E-state index in [2.05, 4.69) is 0 Å². The maximum absolute atomic E-state index is 12.3. The van der Waals surface area contributed by atoms with Crippen molar-refractivity contribution in [3.05, 3.63) is 70.1 Å². The molecule has 1 heterocycles. The molecule has 0 aliphatic rings. The van der Waals surface area contributed by atoms with Gasteiger partial charge < -0.3 is 10.5 Å². The first kappa shape index (κ1) is 17.5. The number of rotatable bonds is 6. The lowest BCUT2D eigenvalue weighted by Crippen LogP contribution is -2.23. The quantitative estimate of drug-likeness (QED) is 0.680. The van der Waals surface area contributed by atoms with Crippen LogP contribution in [0, 0.1) is 0 Å². The summed E-state index contributed by atoms with van der Waals surface area (Å²) in [6.07, 6.45) is 0.0906. The van der Waals surface area contributed by atoms with E-state index >= 15 is 0 Å². The number of aromatic nitrogens is 2. The van der Waals surface area contributed by atoms with Gasteiger partial charge in [-0.05, 0) is 29.8 Å². The first-order valence-corrected chi connectivity index (χ1v) is 8.16. The fourth-order valence-corrected chi connectivity index (χ4v) is 2.78. The highest BCUT2D eigenvalue weighted by Crippen LogP contribution is 2.12. The van der Waals surface area contributed by atoms with Crippen LogP contribution in [-0.4, -0.2) is 21.0 Å². The smallest absolute Gasteiger partial charge is 0.328 e. The molecule has 0 saturated carbocycles. The van der Waals surface area contributed by atoms with E-state index in [4.69, 9.17) is 10.5 Å². The summed E-state index contributed by atoms with van der Waals surface area (Å²) in [6, 6.07) is 14.0. The molecule has 0 fully saturated rings. The highest BCUT2D eigenvalue weighted by molar-refractivity contribution is 5.92. The van der Waals surface area contributed by atoms with Gasteiger partial charge in [0.15, 0.2) is 0 Å². The van der Waals surface area contributed by atoms with Gasteiger partial charge in [-0.25, -0.2) is 4.79 Å². The van der Waals surface area contributed by atoms with Crippen molar-refractivity contribution in [2.24, 2.45) is 12.8 Å². The summed E-state index contributed by atoms with van der Waals surface area (Å²) in [5.41, 5.74) is 7.78. The average Bonchev–Trinajstić information content (AvgIpc) is 2.89. The summed E-state index contributed by atoms with van der Waals surface area (Å²) in [6.45, 7) is 0.349. The van der Waals surface area contributed by atoms with Crippen LogP contribution in [0.15, 0.2) is 53.3 Å². The third-order valence-corrected chi connectivity index (χ3v) is 4.23. The van der Waals surface area contributed by atoms with Gasteiger partial charge in [0, 0.05) is 19.2 Å². The Morgan fingerprint density at radius 3 is 2.35 bits per heavy atom. The first-order chi connectivity index (χ1) is 12.5. The summed E-state index contributed by atoms with van der Waals surface area (Å²) >= 11 is 0. The van der Waals surface area contributed by atoms with E-state index in [9.17, 15) is 14.4 Å². The maximum Gasteiger partial charge on any atom is 0.328 e. The van der Waals surface area contributed by atoms with Crippen LogP contribution >= 0.6 is 0 Å². The molecular formula is C19H19N3O4. The fourth-order valence-electron chi connectivity index (χ4n) is 2.78. The number of carbonyl (C=O) groups is 2. The Balaban J connectivity index is 1.60. The number of carbonyl (C=O) groups excluding carboxylic acids is 2. The van der Waals surface area contributed by atoms with E-state index in [1.807, 2.05) is 24.3 Å². The number of primary amides is 1. The normalized spacial score (nSPS) is 10.8. The van der Waals surface area contributed by atoms with Crippen molar-refractivity contribution in [2.45, 2.75) is 19.6 Å². The molecule has 0 aliphatic carbocycles. The predicted molar refractivity (Wildman–Crippen MR) is 96.6 cm³/mol. The van der Waals surface area contributed by atoms with Crippen LogP contribution in [0.5, 0.6) is 0 Å². The second kappa shape index (κ2) is 7.26. The van der Waals surface area contributed by atoms with Crippen molar-refractivity contribution in [1.29, 1.82) is 0 Å². The standard InChI is InChI=1S/C19H19N3O4/c1-21-15-4-2-3-5-16(15)22(19(21)25)11-10-17(23)26-12-13-6-8-14(9-7-13)18(20)24/h2-9H,10-12H2,1H3,(H2,20,24). The van der Waals surface area contributed by atoms with Crippen molar-refractivity contribution >= 4 is 22.9 Å². The van der Waals surface area contributed by atoms with Crippen LogP contribution in [0.1, 0.15) is 22.3 Å². The molecular weight excluding hydrogens is 334 g/mol. The monoisotopic (exact) mass is 353 g/mol. The molecule has 0 spiro atoms. The molecule has 0 atom stereocenters. The van der Waals surface area contributed by atoms with E-state index < -0.39 is 11.9 Å². The van der Waals surface area contributed by atoms with Crippen molar-refractivity contribution in [1.82, 2.24) is 9.13 Å². The number of imidazole rings is 1. The second-order valence-corrected chi connectivity index (χ2v) is 5.95. The Morgan fingerprint density at radius 2 is 1.69 bits per heavy atom. The van der Waals surface area contributed by atoms with Gasteiger partial charge >= 0.3 is 11.7 Å². The van der Waals surface area contributed by atoms with Crippen molar-refractivity contribution in [2.75, 3.05) is 0 Å². The molecule has 3 rings (SSSR count). The molecule has 0 saturated heterocycles. The van der Waals surface area contributed by atoms with Gasteiger partial charge in [0.1, 0.15) is 6.61 Å². The average molecular weight is 353 g/mol. The predicted octanol–water partition coefficient (Wildman–Crippen LogP) is 1.57. The number of hydrogen-bond donors (Lipinski definition) is 1. The number of fused-ring (bicyclic) bond motifs is 1. The largest absolute Gasteiger partial charge is 0.461 e. The van der Waals surface area contributed by atoms with E-state index in [1.54, 1.807) is 40.4 Å². The number of amides is 1. The lowest BCUT2D eigenvalue weighted by atomic mass is 10.1. The topological polar surface area (TPSA) is 96.3 Å². The van der Waals surface area contributed by atoms with E-state index in [0.717, 1.165) is 16.6 Å². The van der Waals surface area contributed by atoms with Crippen LogP contribution in [-0.2, 0) is 29.7 Å². The Kier molecular flexibility index (Phi) is 4.88. The number of esters is 1. The molecule has 26 heavy (non-hydrogen) atoms. The summed E-state index contributed by atoms with van der Waals surface area (Å²) in [5, 5.41) is 0. The van der Waals surface area contributed by atoms with Crippen molar-refractivity contribution in [3.63, 3.8) is 0 Å². The molecule has 0 aliphatic heterocycles. The van der Waals surface area contributed by atoms with Gasteiger partial charge in [0.05, 0.1) is 17.5 Å². The molecule has 2 aromatic carbocycles. The fraction of sp³-hybridized carbons (Fsp3) is 0.211. The van der Waals surface area contributed by atoms with Gasteiger partial charge in [-0.3, -0.25) is 18.7 Å². The summed E-state index contributed by atoms with van der Waals surface area (Å²) in [7, 11) is 1.70. The Morgan fingerprint density at radius 1 is 1.04 bits per heavy atom. The number of benzene rings is 2.